The zero-order valence-corrected chi connectivity index (χ0v) is 14.7. The second-order valence-corrected chi connectivity index (χ2v) is 5.42. The molecule has 0 aliphatic carbocycles. The highest BCUT2D eigenvalue weighted by Gasteiger charge is 2.19. The van der Waals surface area contributed by atoms with Gasteiger partial charge in [-0.2, -0.15) is 0 Å². The van der Waals surface area contributed by atoms with E-state index in [0.717, 1.165) is 37.1 Å². The largest absolute Gasteiger partial charge is 0.467 e. The SMILES string of the molecule is I.NC(=NCc1ccco1)N1CCN(c2nccs2)CC1. The maximum atomic E-state index is 6.03. The molecular formula is C13H18IN5OS. The molecular weight excluding hydrogens is 401 g/mol. The molecule has 3 rings (SSSR count). The lowest BCUT2D eigenvalue weighted by atomic mass is 10.3. The summed E-state index contributed by atoms with van der Waals surface area (Å²) in [5.74, 6) is 1.41. The molecule has 0 unspecified atom stereocenters. The van der Waals surface area contributed by atoms with Crippen molar-refractivity contribution in [2.45, 2.75) is 6.54 Å². The summed E-state index contributed by atoms with van der Waals surface area (Å²) in [6.45, 7) is 4.07. The van der Waals surface area contributed by atoms with E-state index < -0.39 is 0 Å². The number of rotatable bonds is 3. The Balaban J connectivity index is 0.00000161. The van der Waals surface area contributed by atoms with Gasteiger partial charge in [-0.1, -0.05) is 0 Å². The van der Waals surface area contributed by atoms with E-state index in [2.05, 4.69) is 19.8 Å². The second-order valence-electron chi connectivity index (χ2n) is 4.54. The lowest BCUT2D eigenvalue weighted by molar-refractivity contribution is 0.379. The van der Waals surface area contributed by atoms with Crippen LogP contribution in [0, 0.1) is 0 Å². The molecule has 0 spiro atoms. The van der Waals surface area contributed by atoms with Crippen LogP contribution in [0.2, 0.25) is 0 Å². The number of nitrogens with zero attached hydrogens (tertiary/aromatic N) is 4. The molecule has 0 amide bonds. The van der Waals surface area contributed by atoms with Gasteiger partial charge in [-0.05, 0) is 12.1 Å². The van der Waals surface area contributed by atoms with Crippen molar-refractivity contribution in [3.63, 3.8) is 0 Å². The lowest BCUT2D eigenvalue weighted by Crippen LogP contribution is -2.51. The van der Waals surface area contributed by atoms with Crippen molar-refractivity contribution in [1.29, 1.82) is 0 Å². The van der Waals surface area contributed by atoms with E-state index in [9.17, 15) is 0 Å². The van der Waals surface area contributed by atoms with Crippen LogP contribution in [-0.2, 0) is 6.54 Å². The van der Waals surface area contributed by atoms with Crippen molar-refractivity contribution >= 4 is 46.4 Å². The highest BCUT2D eigenvalue weighted by molar-refractivity contribution is 14.0. The van der Waals surface area contributed by atoms with E-state index in [1.54, 1.807) is 17.6 Å². The summed E-state index contributed by atoms with van der Waals surface area (Å²) in [5, 5.41) is 3.08. The molecule has 0 bridgehead atoms. The van der Waals surface area contributed by atoms with Crippen molar-refractivity contribution < 1.29 is 4.42 Å². The number of thiazole rings is 1. The number of piperazine rings is 1. The first-order valence-corrected chi connectivity index (χ1v) is 7.42. The fraction of sp³-hybridized carbons (Fsp3) is 0.385. The average Bonchev–Trinajstić information content (AvgIpc) is 3.18. The van der Waals surface area contributed by atoms with Gasteiger partial charge in [0.05, 0.1) is 6.26 Å². The Hall–Kier alpha value is -1.29. The molecule has 1 aliphatic heterocycles. The van der Waals surface area contributed by atoms with Gasteiger partial charge in [-0.3, -0.25) is 0 Å². The molecule has 8 heteroatoms. The number of guanidine groups is 1. The fourth-order valence-electron chi connectivity index (χ4n) is 2.16. The van der Waals surface area contributed by atoms with Gasteiger partial charge < -0.3 is 20.0 Å². The van der Waals surface area contributed by atoms with Gasteiger partial charge in [0.1, 0.15) is 12.3 Å². The number of furan rings is 1. The predicted octanol–water partition coefficient (Wildman–Crippen LogP) is 1.99. The maximum Gasteiger partial charge on any atom is 0.191 e. The Morgan fingerprint density at radius 2 is 2.19 bits per heavy atom. The van der Waals surface area contributed by atoms with Gasteiger partial charge in [0.25, 0.3) is 0 Å². The van der Waals surface area contributed by atoms with Crippen molar-refractivity contribution in [2.24, 2.45) is 10.7 Å². The highest BCUT2D eigenvalue weighted by atomic mass is 127. The number of halogens is 1. The number of nitrogens with two attached hydrogens (primary N) is 1. The molecule has 2 N–H and O–H groups in total. The third-order valence-electron chi connectivity index (χ3n) is 3.27. The Bertz CT molecular complexity index is 549. The summed E-state index contributed by atoms with van der Waals surface area (Å²) in [6, 6.07) is 3.75. The van der Waals surface area contributed by atoms with Crippen LogP contribution in [0.25, 0.3) is 0 Å². The third-order valence-corrected chi connectivity index (χ3v) is 4.10. The lowest BCUT2D eigenvalue weighted by Gasteiger charge is -2.35. The molecule has 2 aromatic heterocycles. The van der Waals surface area contributed by atoms with Crippen molar-refractivity contribution in [1.82, 2.24) is 9.88 Å². The van der Waals surface area contributed by atoms with Gasteiger partial charge in [0, 0.05) is 37.8 Å². The van der Waals surface area contributed by atoms with Gasteiger partial charge in [-0.25, -0.2) is 9.98 Å². The Morgan fingerprint density at radius 3 is 2.81 bits per heavy atom. The molecule has 1 saturated heterocycles. The second kappa shape index (κ2) is 7.64. The zero-order chi connectivity index (χ0) is 13.8. The van der Waals surface area contributed by atoms with Crippen LogP contribution < -0.4 is 10.6 Å². The number of hydrogen-bond donors (Lipinski definition) is 1. The van der Waals surface area contributed by atoms with Gasteiger partial charge in [0.2, 0.25) is 0 Å². The normalized spacial score (nSPS) is 15.9. The summed E-state index contributed by atoms with van der Waals surface area (Å²) < 4.78 is 5.24. The summed E-state index contributed by atoms with van der Waals surface area (Å²) in [5.41, 5.74) is 6.03. The quantitative estimate of drug-likeness (QED) is 0.468. The number of aromatic nitrogens is 1. The van der Waals surface area contributed by atoms with Crippen molar-refractivity contribution in [3.05, 3.63) is 35.7 Å². The minimum absolute atomic E-state index is 0. The molecule has 1 aliphatic rings. The molecule has 0 saturated carbocycles. The predicted molar refractivity (Wildman–Crippen MR) is 95.3 cm³/mol. The van der Waals surface area contributed by atoms with Crippen LogP contribution in [-0.4, -0.2) is 42.0 Å². The van der Waals surface area contributed by atoms with Crippen molar-refractivity contribution in [3.8, 4) is 0 Å². The summed E-state index contributed by atoms with van der Waals surface area (Å²) >= 11 is 1.67. The van der Waals surface area contributed by atoms with E-state index in [1.807, 2.05) is 23.7 Å². The van der Waals surface area contributed by atoms with Crippen molar-refractivity contribution in [2.75, 3.05) is 31.1 Å². The van der Waals surface area contributed by atoms with Crippen LogP contribution >= 0.6 is 35.3 Å². The van der Waals surface area contributed by atoms with E-state index in [4.69, 9.17) is 10.2 Å². The molecule has 0 radical (unpaired) electrons. The Morgan fingerprint density at radius 1 is 1.38 bits per heavy atom. The summed E-state index contributed by atoms with van der Waals surface area (Å²) in [6.07, 6.45) is 3.49. The topological polar surface area (TPSA) is 70.9 Å². The molecule has 114 valence electrons. The molecule has 3 heterocycles. The molecule has 1 fully saturated rings. The maximum absolute atomic E-state index is 6.03. The molecule has 0 atom stereocenters. The minimum Gasteiger partial charge on any atom is -0.467 e. The van der Waals surface area contributed by atoms with Crippen LogP contribution in [0.3, 0.4) is 0 Å². The first-order chi connectivity index (χ1) is 9.83. The molecule has 2 aromatic rings. The number of anilines is 1. The molecule has 0 aromatic carbocycles. The number of hydrogen-bond acceptors (Lipinski definition) is 5. The minimum atomic E-state index is 0. The number of aliphatic imine (C=N–C) groups is 1. The zero-order valence-electron chi connectivity index (χ0n) is 11.5. The van der Waals surface area contributed by atoms with Crippen LogP contribution in [0.4, 0.5) is 5.13 Å². The van der Waals surface area contributed by atoms with E-state index in [0.29, 0.717) is 12.5 Å². The van der Waals surface area contributed by atoms with Gasteiger partial charge in [0.15, 0.2) is 11.1 Å². The standard InChI is InChI=1S/C13H17N5OS.HI/c14-12(16-10-11-2-1-8-19-11)17-4-6-18(7-5-17)13-15-3-9-20-13;/h1-3,8-9H,4-7,10H2,(H2,14,16);1H. The molecule has 21 heavy (non-hydrogen) atoms. The van der Waals surface area contributed by atoms with Crippen LogP contribution in [0.15, 0.2) is 39.4 Å². The first kappa shape index (κ1) is 16.1. The summed E-state index contributed by atoms with van der Waals surface area (Å²) in [4.78, 5) is 13.1. The smallest absolute Gasteiger partial charge is 0.191 e. The van der Waals surface area contributed by atoms with E-state index >= 15 is 0 Å². The van der Waals surface area contributed by atoms with Crippen LogP contribution in [0.1, 0.15) is 5.76 Å². The van der Waals surface area contributed by atoms with Gasteiger partial charge in [-0.15, -0.1) is 35.3 Å². The Kier molecular flexibility index (Phi) is 5.85. The van der Waals surface area contributed by atoms with E-state index in [-0.39, 0.29) is 24.0 Å². The van der Waals surface area contributed by atoms with Crippen LogP contribution in [0.5, 0.6) is 0 Å². The third kappa shape index (κ3) is 4.10. The fourth-order valence-corrected chi connectivity index (χ4v) is 2.86. The van der Waals surface area contributed by atoms with E-state index in [1.165, 1.54) is 0 Å². The van der Waals surface area contributed by atoms with Gasteiger partial charge >= 0.3 is 0 Å². The highest BCUT2D eigenvalue weighted by Crippen LogP contribution is 2.18. The monoisotopic (exact) mass is 419 g/mol. The molecule has 6 nitrogen and oxygen atoms in total. The summed E-state index contributed by atoms with van der Waals surface area (Å²) in [7, 11) is 0. The average molecular weight is 419 g/mol. The Labute approximate surface area is 144 Å². The first-order valence-electron chi connectivity index (χ1n) is 6.54.